The molecule has 0 aliphatic rings. The minimum absolute atomic E-state index is 0.0456. The van der Waals surface area contributed by atoms with Crippen molar-refractivity contribution in [3.05, 3.63) is 53.5 Å². The van der Waals surface area contributed by atoms with Crippen molar-refractivity contribution in [1.29, 1.82) is 0 Å². The molecule has 0 spiro atoms. The second kappa shape index (κ2) is 8.12. The van der Waals surface area contributed by atoms with Crippen LogP contribution in [0, 0.1) is 5.82 Å². The van der Waals surface area contributed by atoms with Crippen LogP contribution in [-0.4, -0.2) is 17.5 Å². The number of benzene rings is 1. The highest BCUT2D eigenvalue weighted by atomic mass is 19.1. The molecular weight excluding hydrogens is 297 g/mol. The Labute approximate surface area is 134 Å². The molecule has 0 saturated heterocycles. The molecule has 23 heavy (non-hydrogen) atoms. The van der Waals surface area contributed by atoms with Crippen molar-refractivity contribution in [3.63, 3.8) is 0 Å². The molecule has 2 rings (SSSR count). The van der Waals surface area contributed by atoms with Crippen molar-refractivity contribution >= 4 is 11.7 Å². The second-order valence-corrected chi connectivity index (χ2v) is 5.05. The number of unbranched alkanes of at least 4 members (excludes halogenated alkanes) is 1. The van der Waals surface area contributed by atoms with E-state index < -0.39 is 11.7 Å². The van der Waals surface area contributed by atoms with Gasteiger partial charge in [-0.2, -0.15) is 0 Å². The molecule has 3 N–H and O–H groups in total. The zero-order valence-electron chi connectivity index (χ0n) is 13.0. The Morgan fingerprint density at radius 3 is 2.91 bits per heavy atom. The quantitative estimate of drug-likeness (QED) is 0.770. The summed E-state index contributed by atoms with van der Waals surface area (Å²) in [7, 11) is 0. The average Bonchev–Trinajstić information content (AvgIpc) is 2.55. The summed E-state index contributed by atoms with van der Waals surface area (Å²) in [4.78, 5) is 15.9. The molecule has 0 aliphatic heterocycles. The van der Waals surface area contributed by atoms with E-state index in [1.54, 1.807) is 30.3 Å². The first-order valence-electron chi connectivity index (χ1n) is 7.52. The first kappa shape index (κ1) is 16.7. The number of aromatic nitrogens is 1. The Balaban J connectivity index is 2.02. The highest BCUT2D eigenvalue weighted by Crippen LogP contribution is 2.21. The van der Waals surface area contributed by atoms with Crippen LogP contribution in [-0.2, 0) is 6.54 Å². The van der Waals surface area contributed by atoms with Gasteiger partial charge in [-0.25, -0.2) is 9.37 Å². The summed E-state index contributed by atoms with van der Waals surface area (Å²) in [6, 6.07) is 8.07. The SMILES string of the molecule is CCCCOc1cccc(CNC(=O)c2cccnc2N)c1F. The maximum atomic E-state index is 14.3. The van der Waals surface area contributed by atoms with E-state index in [1.807, 2.05) is 6.92 Å². The third kappa shape index (κ3) is 4.42. The van der Waals surface area contributed by atoms with E-state index in [1.165, 1.54) is 6.20 Å². The molecule has 0 fully saturated rings. The lowest BCUT2D eigenvalue weighted by atomic mass is 10.2. The van der Waals surface area contributed by atoms with Gasteiger partial charge in [-0.3, -0.25) is 4.79 Å². The largest absolute Gasteiger partial charge is 0.491 e. The number of pyridine rings is 1. The van der Waals surface area contributed by atoms with Crippen molar-refractivity contribution in [2.24, 2.45) is 0 Å². The Hall–Kier alpha value is -2.63. The first-order valence-corrected chi connectivity index (χ1v) is 7.52. The van der Waals surface area contributed by atoms with Crippen LogP contribution in [0.1, 0.15) is 35.7 Å². The Kier molecular flexibility index (Phi) is 5.91. The zero-order chi connectivity index (χ0) is 16.7. The number of carbonyl (C=O) groups is 1. The highest BCUT2D eigenvalue weighted by Gasteiger charge is 2.13. The molecule has 0 bridgehead atoms. The zero-order valence-corrected chi connectivity index (χ0v) is 13.0. The van der Waals surface area contributed by atoms with Gasteiger partial charge in [-0.15, -0.1) is 0 Å². The number of carbonyl (C=O) groups excluding carboxylic acids is 1. The fourth-order valence-corrected chi connectivity index (χ4v) is 2.01. The molecular formula is C17H20FN3O2. The van der Waals surface area contributed by atoms with Gasteiger partial charge < -0.3 is 15.8 Å². The molecule has 6 heteroatoms. The van der Waals surface area contributed by atoms with Crippen LogP contribution in [0.5, 0.6) is 5.75 Å². The fraction of sp³-hybridized carbons (Fsp3) is 0.294. The number of nitrogens with one attached hydrogen (secondary N) is 1. The number of ether oxygens (including phenoxy) is 1. The maximum absolute atomic E-state index is 14.3. The van der Waals surface area contributed by atoms with E-state index >= 15 is 0 Å². The number of hydrogen-bond donors (Lipinski definition) is 2. The molecule has 5 nitrogen and oxygen atoms in total. The number of halogens is 1. The number of anilines is 1. The van der Waals surface area contributed by atoms with E-state index in [4.69, 9.17) is 10.5 Å². The summed E-state index contributed by atoms with van der Waals surface area (Å²) in [5.74, 6) is -0.511. The molecule has 1 heterocycles. The van der Waals surface area contributed by atoms with Gasteiger partial charge in [0, 0.05) is 18.3 Å². The molecule has 1 aromatic carbocycles. The lowest BCUT2D eigenvalue weighted by Gasteiger charge is -2.11. The van der Waals surface area contributed by atoms with Gasteiger partial charge in [0.25, 0.3) is 5.91 Å². The smallest absolute Gasteiger partial charge is 0.255 e. The monoisotopic (exact) mass is 317 g/mol. The van der Waals surface area contributed by atoms with E-state index in [0.717, 1.165) is 12.8 Å². The molecule has 122 valence electrons. The third-order valence-corrected chi connectivity index (χ3v) is 3.32. The molecule has 0 unspecified atom stereocenters. The molecule has 0 radical (unpaired) electrons. The average molecular weight is 317 g/mol. The lowest BCUT2D eigenvalue weighted by molar-refractivity contribution is 0.0951. The number of rotatable bonds is 7. The van der Waals surface area contributed by atoms with E-state index in [9.17, 15) is 9.18 Å². The van der Waals surface area contributed by atoms with Crippen LogP contribution in [0.25, 0.3) is 0 Å². The van der Waals surface area contributed by atoms with Gasteiger partial charge in [-0.1, -0.05) is 25.5 Å². The lowest BCUT2D eigenvalue weighted by Crippen LogP contribution is -2.24. The van der Waals surface area contributed by atoms with Gasteiger partial charge in [0.15, 0.2) is 11.6 Å². The van der Waals surface area contributed by atoms with E-state index in [0.29, 0.717) is 12.2 Å². The standard InChI is InChI=1S/C17H20FN3O2/c1-2-3-10-23-14-8-4-6-12(15(14)18)11-21-17(22)13-7-5-9-20-16(13)19/h4-9H,2-3,10-11H2,1H3,(H2,19,20)(H,21,22). The van der Waals surface area contributed by atoms with Crippen LogP contribution in [0.15, 0.2) is 36.5 Å². The maximum Gasteiger partial charge on any atom is 0.255 e. The van der Waals surface area contributed by atoms with Crippen LogP contribution < -0.4 is 15.8 Å². The van der Waals surface area contributed by atoms with Crippen LogP contribution in [0.2, 0.25) is 0 Å². The minimum atomic E-state index is -0.455. The molecule has 1 amide bonds. The minimum Gasteiger partial charge on any atom is -0.491 e. The summed E-state index contributed by atoms with van der Waals surface area (Å²) in [5.41, 5.74) is 6.27. The number of amides is 1. The second-order valence-electron chi connectivity index (χ2n) is 5.05. The number of nitrogens with zero attached hydrogens (tertiary/aromatic N) is 1. The van der Waals surface area contributed by atoms with Crippen molar-refractivity contribution < 1.29 is 13.9 Å². The summed E-state index contributed by atoms with van der Waals surface area (Å²) < 4.78 is 19.7. The van der Waals surface area contributed by atoms with Crippen LogP contribution in [0.3, 0.4) is 0 Å². The number of hydrogen-bond acceptors (Lipinski definition) is 4. The van der Waals surface area contributed by atoms with Gasteiger partial charge in [-0.05, 0) is 24.6 Å². The Morgan fingerprint density at radius 1 is 1.35 bits per heavy atom. The molecule has 0 aliphatic carbocycles. The molecule has 2 aromatic rings. The van der Waals surface area contributed by atoms with Crippen molar-refractivity contribution in [2.45, 2.75) is 26.3 Å². The molecule has 0 atom stereocenters. The Morgan fingerprint density at radius 2 is 2.17 bits per heavy atom. The predicted octanol–water partition coefficient (Wildman–Crippen LogP) is 2.91. The normalized spacial score (nSPS) is 10.3. The van der Waals surface area contributed by atoms with E-state index in [-0.39, 0.29) is 23.7 Å². The summed E-state index contributed by atoms with van der Waals surface area (Å²) in [5, 5.41) is 2.64. The van der Waals surface area contributed by atoms with Gasteiger partial charge in [0.2, 0.25) is 0 Å². The van der Waals surface area contributed by atoms with Crippen molar-refractivity contribution in [3.8, 4) is 5.75 Å². The fourth-order valence-electron chi connectivity index (χ4n) is 2.01. The topological polar surface area (TPSA) is 77.2 Å². The first-order chi connectivity index (χ1) is 11.1. The summed E-state index contributed by atoms with van der Waals surface area (Å²) in [6.07, 6.45) is 3.34. The van der Waals surface area contributed by atoms with Gasteiger partial charge in [0.05, 0.1) is 12.2 Å². The highest BCUT2D eigenvalue weighted by molar-refractivity contribution is 5.98. The van der Waals surface area contributed by atoms with Crippen molar-refractivity contribution in [1.82, 2.24) is 10.3 Å². The summed E-state index contributed by atoms with van der Waals surface area (Å²) in [6.45, 7) is 2.55. The summed E-state index contributed by atoms with van der Waals surface area (Å²) >= 11 is 0. The van der Waals surface area contributed by atoms with Crippen molar-refractivity contribution in [2.75, 3.05) is 12.3 Å². The van der Waals surface area contributed by atoms with Gasteiger partial charge in [0.1, 0.15) is 5.82 Å². The Bertz CT molecular complexity index is 677. The van der Waals surface area contributed by atoms with E-state index in [2.05, 4.69) is 10.3 Å². The number of nitrogen functional groups attached to an aromatic ring is 1. The molecule has 0 saturated carbocycles. The third-order valence-electron chi connectivity index (χ3n) is 3.32. The van der Waals surface area contributed by atoms with Crippen LogP contribution in [0.4, 0.5) is 10.2 Å². The van der Waals surface area contributed by atoms with Gasteiger partial charge >= 0.3 is 0 Å². The van der Waals surface area contributed by atoms with Crippen LogP contribution >= 0.6 is 0 Å². The predicted molar refractivity (Wildman–Crippen MR) is 86.6 cm³/mol. The number of nitrogens with two attached hydrogens (primary N) is 1. The molecule has 1 aromatic heterocycles.